The molecule has 0 aliphatic carbocycles. The summed E-state index contributed by atoms with van der Waals surface area (Å²) in [5.41, 5.74) is 7.69. The van der Waals surface area contributed by atoms with Crippen molar-refractivity contribution in [3.8, 4) is 0 Å². The maximum atomic E-state index is 13.5. The highest BCUT2D eigenvalue weighted by molar-refractivity contribution is 7.98. The van der Waals surface area contributed by atoms with E-state index in [2.05, 4.69) is 30.9 Å². The smallest absolute Gasteiger partial charge is 0.326 e. The van der Waals surface area contributed by atoms with E-state index in [-0.39, 0.29) is 19.3 Å². The molecule has 2 aromatic heterocycles. The normalized spacial score (nSPS) is 14.0. The number of aromatic amines is 2. The lowest BCUT2D eigenvalue weighted by atomic mass is 10.0. The van der Waals surface area contributed by atoms with Gasteiger partial charge >= 0.3 is 11.9 Å². The Morgan fingerprint density at radius 2 is 1.61 bits per heavy atom. The zero-order valence-electron chi connectivity index (χ0n) is 22.3. The number of nitrogens with zero attached hydrogens (tertiary/aromatic N) is 1. The number of thioether (sulfide) groups is 1. The molecule has 0 saturated carbocycles. The minimum absolute atomic E-state index is 0.0136. The van der Waals surface area contributed by atoms with Crippen molar-refractivity contribution in [3.63, 3.8) is 0 Å². The second-order valence-corrected chi connectivity index (χ2v) is 10.3. The highest BCUT2D eigenvalue weighted by Gasteiger charge is 2.31. The molecule has 2 heterocycles. The number of imidazole rings is 1. The molecule has 0 aliphatic rings. The zero-order valence-corrected chi connectivity index (χ0v) is 23.1. The average Bonchev–Trinajstić information content (AvgIpc) is 3.59. The van der Waals surface area contributed by atoms with E-state index in [0.29, 0.717) is 17.0 Å². The number of nitrogens with one attached hydrogen (secondary N) is 5. The Morgan fingerprint density at radius 1 is 0.951 bits per heavy atom. The van der Waals surface area contributed by atoms with Crippen LogP contribution in [0.5, 0.6) is 0 Å². The number of aromatic nitrogens is 3. The van der Waals surface area contributed by atoms with Gasteiger partial charge in [0.25, 0.3) is 0 Å². The number of hydrogen-bond donors (Lipinski definition) is 8. The molecule has 0 saturated heterocycles. The molecule has 0 aliphatic heterocycles. The van der Waals surface area contributed by atoms with Crippen LogP contribution in [0.1, 0.15) is 24.1 Å². The second kappa shape index (κ2) is 14.9. The van der Waals surface area contributed by atoms with E-state index < -0.39 is 60.2 Å². The maximum absolute atomic E-state index is 13.5. The number of nitrogens with two attached hydrogens (primary N) is 1. The SMILES string of the molecule is CSCCC(NC(=O)C(Cc1c[nH]c2ccccc12)NC(=O)C(Cc1cnc[nH]1)NC(=O)C(N)CC(=O)O)C(=O)O. The Kier molecular flexibility index (Phi) is 11.3. The van der Waals surface area contributed by atoms with Crippen molar-refractivity contribution < 1.29 is 34.2 Å². The van der Waals surface area contributed by atoms with E-state index in [1.165, 1.54) is 24.3 Å². The Morgan fingerprint density at radius 3 is 2.24 bits per heavy atom. The number of fused-ring (bicyclic) bond motifs is 1. The second-order valence-electron chi connectivity index (χ2n) is 9.35. The number of rotatable bonds is 16. The molecule has 15 heteroatoms. The van der Waals surface area contributed by atoms with Crippen molar-refractivity contribution >= 4 is 52.3 Å². The number of carbonyl (C=O) groups excluding carboxylic acids is 3. The molecule has 0 fully saturated rings. The minimum Gasteiger partial charge on any atom is -0.481 e. The summed E-state index contributed by atoms with van der Waals surface area (Å²) >= 11 is 1.43. The van der Waals surface area contributed by atoms with E-state index >= 15 is 0 Å². The summed E-state index contributed by atoms with van der Waals surface area (Å²) in [6.07, 6.45) is 5.83. The van der Waals surface area contributed by atoms with Gasteiger partial charge in [0.15, 0.2) is 0 Å². The summed E-state index contributed by atoms with van der Waals surface area (Å²) in [6.45, 7) is 0. The first-order valence-corrected chi connectivity index (χ1v) is 14.1. The van der Waals surface area contributed by atoms with Crippen molar-refractivity contribution in [3.05, 3.63) is 54.2 Å². The quantitative estimate of drug-likeness (QED) is 0.110. The van der Waals surface area contributed by atoms with Gasteiger partial charge in [-0.25, -0.2) is 9.78 Å². The van der Waals surface area contributed by atoms with Gasteiger partial charge in [-0.05, 0) is 30.1 Å². The van der Waals surface area contributed by atoms with Crippen LogP contribution in [0.25, 0.3) is 10.9 Å². The summed E-state index contributed by atoms with van der Waals surface area (Å²) in [6, 6.07) is 2.31. The first-order chi connectivity index (χ1) is 19.6. The van der Waals surface area contributed by atoms with Crippen LogP contribution in [0.15, 0.2) is 43.0 Å². The van der Waals surface area contributed by atoms with E-state index in [4.69, 9.17) is 10.8 Å². The predicted molar refractivity (Wildman–Crippen MR) is 151 cm³/mol. The number of carboxylic acid groups (broad SMARTS) is 2. The first kappa shape index (κ1) is 31.2. The topological polar surface area (TPSA) is 232 Å². The summed E-state index contributed by atoms with van der Waals surface area (Å²) in [5, 5.41) is 27.1. The predicted octanol–water partition coefficient (Wildman–Crippen LogP) is -0.230. The van der Waals surface area contributed by atoms with Crippen molar-refractivity contribution in [1.29, 1.82) is 0 Å². The first-order valence-electron chi connectivity index (χ1n) is 12.7. The molecule has 3 aromatic rings. The van der Waals surface area contributed by atoms with Crippen molar-refractivity contribution in [1.82, 2.24) is 30.9 Å². The van der Waals surface area contributed by atoms with E-state index in [1.807, 2.05) is 30.5 Å². The lowest BCUT2D eigenvalue weighted by Crippen LogP contribution is -2.58. The lowest BCUT2D eigenvalue weighted by Gasteiger charge is -2.25. The fourth-order valence-corrected chi connectivity index (χ4v) is 4.62. The van der Waals surface area contributed by atoms with E-state index in [9.17, 15) is 29.1 Å². The van der Waals surface area contributed by atoms with Gasteiger partial charge in [0.2, 0.25) is 17.7 Å². The van der Waals surface area contributed by atoms with Gasteiger partial charge in [0.1, 0.15) is 18.1 Å². The number of amides is 3. The number of aliphatic carboxylic acids is 2. The minimum atomic E-state index is -1.41. The molecule has 220 valence electrons. The average molecular weight is 588 g/mol. The maximum Gasteiger partial charge on any atom is 0.326 e. The third-order valence-electron chi connectivity index (χ3n) is 6.30. The van der Waals surface area contributed by atoms with Crippen molar-refractivity contribution in [2.45, 2.75) is 49.9 Å². The van der Waals surface area contributed by atoms with Crippen LogP contribution in [0.3, 0.4) is 0 Å². The largest absolute Gasteiger partial charge is 0.481 e. The molecule has 3 amide bonds. The highest BCUT2D eigenvalue weighted by Crippen LogP contribution is 2.19. The molecule has 9 N–H and O–H groups in total. The lowest BCUT2D eigenvalue weighted by molar-refractivity contribution is -0.142. The molecule has 0 spiro atoms. The number of carbonyl (C=O) groups is 5. The third-order valence-corrected chi connectivity index (χ3v) is 6.94. The number of benzene rings is 1. The highest BCUT2D eigenvalue weighted by atomic mass is 32.2. The molecule has 4 atom stereocenters. The van der Waals surface area contributed by atoms with Gasteiger partial charge in [0.05, 0.1) is 18.8 Å². The van der Waals surface area contributed by atoms with Crippen LogP contribution in [-0.4, -0.2) is 91.0 Å². The number of H-pyrrole nitrogens is 2. The van der Waals surface area contributed by atoms with E-state index in [0.717, 1.165) is 10.9 Å². The summed E-state index contributed by atoms with van der Waals surface area (Å²) in [4.78, 5) is 72.2. The molecular formula is C26H33N7O7S. The number of para-hydroxylation sites is 1. The van der Waals surface area contributed by atoms with Gasteiger partial charge in [-0.3, -0.25) is 19.2 Å². The van der Waals surface area contributed by atoms with Crippen LogP contribution >= 0.6 is 11.8 Å². The zero-order chi connectivity index (χ0) is 29.9. The van der Waals surface area contributed by atoms with Crippen LogP contribution in [0, 0.1) is 0 Å². The van der Waals surface area contributed by atoms with Crippen LogP contribution in [0.4, 0.5) is 0 Å². The third kappa shape index (κ3) is 9.08. The Labute approximate surface area is 239 Å². The Hall–Kier alpha value is -4.37. The molecule has 0 radical (unpaired) electrons. The fraction of sp³-hybridized carbons (Fsp3) is 0.385. The fourth-order valence-electron chi connectivity index (χ4n) is 4.15. The molecule has 1 aromatic carbocycles. The van der Waals surface area contributed by atoms with Gasteiger partial charge in [-0.1, -0.05) is 18.2 Å². The monoisotopic (exact) mass is 587 g/mol. The summed E-state index contributed by atoms with van der Waals surface area (Å²) in [7, 11) is 0. The number of hydrogen-bond acceptors (Lipinski definition) is 8. The van der Waals surface area contributed by atoms with Crippen LogP contribution in [0.2, 0.25) is 0 Å². The summed E-state index contributed by atoms with van der Waals surface area (Å²) < 4.78 is 0. The molecule has 4 unspecified atom stereocenters. The van der Waals surface area contributed by atoms with Crippen molar-refractivity contribution in [2.75, 3.05) is 12.0 Å². The molecule has 14 nitrogen and oxygen atoms in total. The van der Waals surface area contributed by atoms with Crippen molar-refractivity contribution in [2.24, 2.45) is 5.73 Å². The van der Waals surface area contributed by atoms with E-state index in [1.54, 1.807) is 6.20 Å². The molecular weight excluding hydrogens is 554 g/mol. The molecule has 3 rings (SSSR count). The Balaban J connectivity index is 1.87. The molecule has 0 bridgehead atoms. The van der Waals surface area contributed by atoms with Gasteiger partial charge in [-0.15, -0.1) is 0 Å². The number of carboxylic acids is 2. The standard InChI is InChI=1S/C26H33N7O7S/c1-41-7-6-19(26(39)40)31-24(37)20(8-14-11-29-18-5-3-2-4-16(14)18)33-25(38)21(9-15-12-28-13-30-15)32-23(36)17(27)10-22(34)35/h2-5,11-13,17,19-21,29H,6-10,27H2,1H3,(H,28,30)(H,31,37)(H,32,36)(H,33,38)(H,34,35)(H,39,40). The molecule has 41 heavy (non-hydrogen) atoms. The van der Waals surface area contributed by atoms with Crippen LogP contribution < -0.4 is 21.7 Å². The Bertz CT molecular complexity index is 1360. The van der Waals surface area contributed by atoms with Gasteiger partial charge in [-0.2, -0.15) is 11.8 Å². The van der Waals surface area contributed by atoms with Gasteiger partial charge < -0.3 is 41.9 Å². The van der Waals surface area contributed by atoms with Crippen LogP contribution in [-0.2, 0) is 36.8 Å². The summed E-state index contributed by atoms with van der Waals surface area (Å²) in [5.74, 6) is -4.34. The van der Waals surface area contributed by atoms with Gasteiger partial charge in [0, 0.05) is 41.8 Å².